The molecule has 0 N–H and O–H groups in total. The van der Waals surface area contributed by atoms with E-state index >= 15 is 0 Å². The van der Waals surface area contributed by atoms with Crippen molar-refractivity contribution < 1.29 is 13.9 Å². The molecule has 2 aromatic heterocycles. The molecule has 9 heteroatoms. The molecule has 0 saturated carbocycles. The Morgan fingerprint density at radius 2 is 2.03 bits per heavy atom. The summed E-state index contributed by atoms with van der Waals surface area (Å²) in [6.07, 6.45) is 2.58. The molecular formula is C23H24FN5O3. The summed E-state index contributed by atoms with van der Waals surface area (Å²) in [7, 11) is 3.02. The highest BCUT2D eigenvalue weighted by Crippen LogP contribution is 2.26. The van der Waals surface area contributed by atoms with Gasteiger partial charge in [-0.15, -0.1) is 0 Å². The Balaban J connectivity index is 1.61. The van der Waals surface area contributed by atoms with Gasteiger partial charge in [-0.25, -0.2) is 14.2 Å². The second-order valence-corrected chi connectivity index (χ2v) is 7.72. The fourth-order valence-corrected chi connectivity index (χ4v) is 3.94. The number of esters is 1. The van der Waals surface area contributed by atoms with Gasteiger partial charge in [0, 0.05) is 56.2 Å². The number of ether oxygens (including phenoxy) is 1. The van der Waals surface area contributed by atoms with Gasteiger partial charge in [-0.1, -0.05) is 6.07 Å². The van der Waals surface area contributed by atoms with Crippen molar-refractivity contribution in [1.82, 2.24) is 14.5 Å². The summed E-state index contributed by atoms with van der Waals surface area (Å²) in [5, 5.41) is 0. The fraction of sp³-hybridized carbons (Fsp3) is 0.304. The van der Waals surface area contributed by atoms with Gasteiger partial charge in [-0.2, -0.15) is 0 Å². The van der Waals surface area contributed by atoms with Gasteiger partial charge in [-0.3, -0.25) is 14.3 Å². The molecule has 1 aliphatic rings. The minimum atomic E-state index is -0.525. The monoisotopic (exact) mass is 437 g/mol. The molecule has 8 nitrogen and oxygen atoms in total. The van der Waals surface area contributed by atoms with Crippen molar-refractivity contribution in [3.05, 3.63) is 70.5 Å². The van der Waals surface area contributed by atoms with Crippen molar-refractivity contribution in [2.24, 2.45) is 7.05 Å². The maximum absolute atomic E-state index is 14.2. The van der Waals surface area contributed by atoms with Gasteiger partial charge < -0.3 is 14.5 Å². The van der Waals surface area contributed by atoms with Gasteiger partial charge in [0.25, 0.3) is 5.56 Å². The van der Waals surface area contributed by atoms with Crippen LogP contribution in [-0.4, -0.2) is 53.3 Å². The topological polar surface area (TPSA) is 80.6 Å². The summed E-state index contributed by atoms with van der Waals surface area (Å²) < 4.78 is 20.5. The largest absolute Gasteiger partial charge is 0.465 e. The molecule has 166 valence electrons. The van der Waals surface area contributed by atoms with Crippen LogP contribution in [0.2, 0.25) is 0 Å². The van der Waals surface area contributed by atoms with E-state index in [0.717, 1.165) is 11.9 Å². The highest BCUT2D eigenvalue weighted by molar-refractivity contribution is 5.90. The maximum Gasteiger partial charge on any atom is 0.337 e. The van der Waals surface area contributed by atoms with Crippen LogP contribution >= 0.6 is 0 Å². The average Bonchev–Trinajstić information content (AvgIpc) is 2.81. The normalized spacial score (nSPS) is 16.2. The smallest absolute Gasteiger partial charge is 0.337 e. The van der Waals surface area contributed by atoms with Crippen LogP contribution in [0.4, 0.5) is 16.0 Å². The van der Waals surface area contributed by atoms with Crippen LogP contribution in [0, 0.1) is 5.82 Å². The maximum atomic E-state index is 14.2. The van der Waals surface area contributed by atoms with Crippen LogP contribution in [0.3, 0.4) is 0 Å². The lowest BCUT2D eigenvalue weighted by molar-refractivity contribution is 0.0600. The minimum absolute atomic E-state index is 0.0150. The third kappa shape index (κ3) is 4.05. The molecule has 3 heterocycles. The lowest BCUT2D eigenvalue weighted by atomic mass is 10.1. The fourth-order valence-electron chi connectivity index (χ4n) is 3.94. The zero-order valence-electron chi connectivity index (χ0n) is 18.2. The van der Waals surface area contributed by atoms with Crippen molar-refractivity contribution >= 4 is 17.6 Å². The standard InChI is InChI=1S/C23H24FN5O3/c1-15-14-28(17-6-4-5-16(11-17)22(31)32-3)9-10-29(15)23-26-20(12-21(30)27(23)2)18-7-8-25-13-19(18)24/h4-8,11-13,15H,9-10,14H2,1-3H3. The summed E-state index contributed by atoms with van der Waals surface area (Å²) in [5.41, 5.74) is 1.68. The number of anilines is 2. The highest BCUT2D eigenvalue weighted by atomic mass is 19.1. The second-order valence-electron chi connectivity index (χ2n) is 7.72. The summed E-state index contributed by atoms with van der Waals surface area (Å²) in [5.74, 6) is -0.417. The molecule has 3 aromatic rings. The zero-order valence-corrected chi connectivity index (χ0v) is 18.2. The first-order valence-electron chi connectivity index (χ1n) is 10.3. The molecule has 1 saturated heterocycles. The van der Waals surface area contributed by atoms with Crippen LogP contribution in [0.1, 0.15) is 17.3 Å². The lowest BCUT2D eigenvalue weighted by Crippen LogP contribution is -2.53. The summed E-state index contributed by atoms with van der Waals surface area (Å²) in [4.78, 5) is 37.1. The molecule has 1 aromatic carbocycles. The predicted octanol–water partition coefficient (Wildman–Crippen LogP) is 2.48. The van der Waals surface area contributed by atoms with Gasteiger partial charge in [0.2, 0.25) is 5.95 Å². The van der Waals surface area contributed by atoms with Crippen LogP contribution in [0.15, 0.2) is 53.6 Å². The van der Waals surface area contributed by atoms with Crippen LogP contribution in [-0.2, 0) is 11.8 Å². The van der Waals surface area contributed by atoms with Crippen molar-refractivity contribution in [1.29, 1.82) is 0 Å². The second kappa shape index (κ2) is 8.78. The molecule has 1 fully saturated rings. The Kier molecular flexibility index (Phi) is 5.89. The zero-order chi connectivity index (χ0) is 22.8. The number of hydrogen-bond acceptors (Lipinski definition) is 7. The Bertz CT molecular complexity index is 1210. The quantitative estimate of drug-likeness (QED) is 0.580. The van der Waals surface area contributed by atoms with E-state index in [1.54, 1.807) is 13.1 Å². The van der Waals surface area contributed by atoms with E-state index in [1.165, 1.54) is 30.0 Å². The van der Waals surface area contributed by atoms with E-state index in [4.69, 9.17) is 4.74 Å². The molecule has 0 aliphatic carbocycles. The SMILES string of the molecule is COC(=O)c1cccc(N2CCN(c3nc(-c4ccncc4F)cc(=O)n3C)C(C)C2)c1. The van der Waals surface area contributed by atoms with Crippen LogP contribution in [0.25, 0.3) is 11.3 Å². The molecule has 1 aliphatic heterocycles. The molecule has 0 bridgehead atoms. The highest BCUT2D eigenvalue weighted by Gasteiger charge is 2.27. The number of aromatic nitrogens is 3. The van der Waals surface area contributed by atoms with Crippen LogP contribution in [0.5, 0.6) is 0 Å². The Morgan fingerprint density at radius 3 is 2.75 bits per heavy atom. The van der Waals surface area contributed by atoms with Gasteiger partial charge in [0.1, 0.15) is 0 Å². The van der Waals surface area contributed by atoms with E-state index < -0.39 is 5.82 Å². The number of pyridine rings is 1. The first-order valence-corrected chi connectivity index (χ1v) is 10.3. The molecule has 1 unspecified atom stereocenters. The summed E-state index contributed by atoms with van der Waals surface area (Å²) in [6, 6.07) is 10.2. The summed E-state index contributed by atoms with van der Waals surface area (Å²) >= 11 is 0. The number of carbonyl (C=O) groups is 1. The molecule has 1 atom stereocenters. The predicted molar refractivity (Wildman–Crippen MR) is 119 cm³/mol. The van der Waals surface area contributed by atoms with Crippen molar-refractivity contribution in [3.8, 4) is 11.3 Å². The third-order valence-corrected chi connectivity index (χ3v) is 5.68. The number of methoxy groups -OCH3 is 1. The summed E-state index contributed by atoms with van der Waals surface area (Å²) in [6.45, 7) is 3.97. The average molecular weight is 437 g/mol. The number of rotatable bonds is 4. The number of halogens is 1. The van der Waals surface area contributed by atoms with E-state index in [0.29, 0.717) is 31.1 Å². The molecule has 0 spiro atoms. The van der Waals surface area contributed by atoms with Gasteiger partial charge in [0.05, 0.1) is 24.6 Å². The number of carbonyl (C=O) groups excluding carboxylic acids is 1. The Morgan fingerprint density at radius 1 is 1.22 bits per heavy atom. The Labute approximate surface area is 184 Å². The van der Waals surface area contributed by atoms with Crippen molar-refractivity contribution in [3.63, 3.8) is 0 Å². The van der Waals surface area contributed by atoms with E-state index in [-0.39, 0.29) is 28.8 Å². The van der Waals surface area contributed by atoms with E-state index in [2.05, 4.69) is 14.9 Å². The molecule has 0 radical (unpaired) electrons. The molecule has 0 amide bonds. The van der Waals surface area contributed by atoms with Gasteiger partial charge >= 0.3 is 5.97 Å². The van der Waals surface area contributed by atoms with Gasteiger partial charge in [-0.05, 0) is 31.2 Å². The third-order valence-electron chi connectivity index (χ3n) is 5.68. The van der Waals surface area contributed by atoms with Gasteiger partial charge in [0.15, 0.2) is 5.82 Å². The first-order chi connectivity index (χ1) is 15.4. The van der Waals surface area contributed by atoms with Crippen LogP contribution < -0.4 is 15.4 Å². The minimum Gasteiger partial charge on any atom is -0.465 e. The lowest BCUT2D eigenvalue weighted by Gasteiger charge is -2.42. The van der Waals surface area contributed by atoms with E-state index in [9.17, 15) is 14.0 Å². The number of benzene rings is 1. The first kappa shape index (κ1) is 21.5. The van der Waals surface area contributed by atoms with Crippen molar-refractivity contribution in [2.75, 3.05) is 36.5 Å². The molecule has 4 rings (SSSR count). The Hall–Kier alpha value is -3.75. The van der Waals surface area contributed by atoms with E-state index in [1.807, 2.05) is 30.0 Å². The number of hydrogen-bond donors (Lipinski definition) is 0. The number of nitrogens with zero attached hydrogens (tertiary/aromatic N) is 5. The molecule has 32 heavy (non-hydrogen) atoms. The van der Waals surface area contributed by atoms with Crippen molar-refractivity contribution in [2.45, 2.75) is 13.0 Å². The molecular weight excluding hydrogens is 413 g/mol. The number of piperazine rings is 1.